The maximum absolute atomic E-state index is 12.0. The molecule has 158 valence electrons. The Morgan fingerprint density at radius 2 is 1.23 bits per heavy atom. The molecule has 0 saturated carbocycles. The van der Waals surface area contributed by atoms with Gasteiger partial charge in [-0.1, -0.05) is 99.8 Å². The van der Waals surface area contributed by atoms with Gasteiger partial charge in [0.2, 0.25) is 5.91 Å². The maximum Gasteiger partial charge on any atom is 0.240 e. The van der Waals surface area contributed by atoms with Crippen molar-refractivity contribution in [3.8, 4) is 0 Å². The Balaban J connectivity index is 0. The molecule has 0 saturated heterocycles. The molecule has 3 heteroatoms. The van der Waals surface area contributed by atoms with Crippen molar-refractivity contribution in [3.63, 3.8) is 0 Å². The molecule has 0 bridgehead atoms. The second kappa shape index (κ2) is 17.8. The minimum atomic E-state index is -0.670. The quantitative estimate of drug-likeness (QED) is 0.345. The van der Waals surface area contributed by atoms with Crippen molar-refractivity contribution >= 4 is 5.91 Å². The minimum Gasteiger partial charge on any atom is -0.355 e. The van der Waals surface area contributed by atoms with E-state index in [1.54, 1.807) is 0 Å². The van der Waals surface area contributed by atoms with E-state index in [0.717, 1.165) is 24.8 Å². The zero-order chi connectivity index (χ0) is 20.4. The molecule has 3 nitrogen and oxygen atoms in total. The second-order valence-corrected chi connectivity index (χ2v) is 8.58. The zero-order valence-electron chi connectivity index (χ0n) is 19.1. The smallest absolute Gasteiger partial charge is 0.240 e. The SMILES string of the molecule is CCC(C)C.CCC(N)(CC)C(=O)NCCCCCCCCCC(C)C. The molecule has 0 aliphatic carbocycles. The van der Waals surface area contributed by atoms with Crippen LogP contribution in [0.2, 0.25) is 0 Å². The Labute approximate surface area is 165 Å². The van der Waals surface area contributed by atoms with Crippen LogP contribution in [0, 0.1) is 11.8 Å². The molecule has 0 aliphatic rings. The van der Waals surface area contributed by atoms with Gasteiger partial charge in [0.15, 0.2) is 0 Å². The molecule has 26 heavy (non-hydrogen) atoms. The second-order valence-electron chi connectivity index (χ2n) is 8.58. The first kappa shape index (κ1) is 27.6. The lowest BCUT2D eigenvalue weighted by molar-refractivity contribution is -0.126. The van der Waals surface area contributed by atoms with Crippen molar-refractivity contribution in [1.29, 1.82) is 0 Å². The molecular weight excluding hydrogens is 320 g/mol. The summed E-state index contributed by atoms with van der Waals surface area (Å²) in [6.07, 6.45) is 13.1. The highest BCUT2D eigenvalue weighted by atomic mass is 16.2. The van der Waals surface area contributed by atoms with Crippen LogP contribution in [0.4, 0.5) is 0 Å². The average molecular weight is 371 g/mol. The number of hydrogen-bond acceptors (Lipinski definition) is 2. The summed E-state index contributed by atoms with van der Waals surface area (Å²) >= 11 is 0. The number of hydrogen-bond donors (Lipinski definition) is 2. The van der Waals surface area contributed by atoms with Crippen LogP contribution in [0.1, 0.15) is 119 Å². The normalized spacial score (nSPS) is 11.5. The van der Waals surface area contributed by atoms with Crippen molar-refractivity contribution in [3.05, 3.63) is 0 Å². The van der Waals surface area contributed by atoms with E-state index in [0.29, 0.717) is 12.8 Å². The molecule has 0 aromatic heterocycles. The number of amides is 1. The summed E-state index contributed by atoms with van der Waals surface area (Å²) in [6.45, 7) is 15.9. The van der Waals surface area contributed by atoms with Crippen molar-refractivity contribution < 1.29 is 4.79 Å². The summed E-state index contributed by atoms with van der Waals surface area (Å²) < 4.78 is 0. The largest absolute Gasteiger partial charge is 0.355 e. The van der Waals surface area contributed by atoms with Crippen LogP contribution in [0.5, 0.6) is 0 Å². The van der Waals surface area contributed by atoms with Gasteiger partial charge in [-0.25, -0.2) is 0 Å². The zero-order valence-corrected chi connectivity index (χ0v) is 19.1. The molecule has 0 heterocycles. The van der Waals surface area contributed by atoms with Gasteiger partial charge in [-0.2, -0.15) is 0 Å². The van der Waals surface area contributed by atoms with E-state index in [-0.39, 0.29) is 5.91 Å². The van der Waals surface area contributed by atoms with E-state index in [2.05, 4.69) is 39.9 Å². The van der Waals surface area contributed by atoms with E-state index in [1.807, 2.05) is 13.8 Å². The standard InChI is InChI=1S/C18H38N2O.C5H12/c1-5-18(19,6-2)17(21)20-15-13-11-9-7-8-10-12-14-16(3)4;1-4-5(2)3/h16H,5-15,19H2,1-4H3,(H,20,21);5H,4H2,1-3H3. The van der Waals surface area contributed by atoms with Crippen molar-refractivity contribution in [1.82, 2.24) is 5.32 Å². The third-order valence-corrected chi connectivity index (χ3v) is 5.27. The fourth-order valence-corrected chi connectivity index (χ4v) is 2.51. The first-order chi connectivity index (χ1) is 12.2. The van der Waals surface area contributed by atoms with Crippen LogP contribution in [0.15, 0.2) is 0 Å². The molecule has 0 radical (unpaired) electrons. The first-order valence-electron chi connectivity index (χ1n) is 11.3. The van der Waals surface area contributed by atoms with Crippen molar-refractivity contribution in [2.75, 3.05) is 6.54 Å². The van der Waals surface area contributed by atoms with Crippen molar-refractivity contribution in [2.45, 2.75) is 125 Å². The molecule has 0 unspecified atom stereocenters. The molecule has 0 spiro atoms. The summed E-state index contributed by atoms with van der Waals surface area (Å²) in [4.78, 5) is 12.0. The Bertz CT molecular complexity index is 309. The van der Waals surface area contributed by atoms with Gasteiger partial charge >= 0.3 is 0 Å². The van der Waals surface area contributed by atoms with Crippen LogP contribution >= 0.6 is 0 Å². The van der Waals surface area contributed by atoms with Gasteiger partial charge in [-0.15, -0.1) is 0 Å². The lowest BCUT2D eigenvalue weighted by Crippen LogP contribution is -2.53. The van der Waals surface area contributed by atoms with Gasteiger partial charge in [0.05, 0.1) is 5.54 Å². The van der Waals surface area contributed by atoms with Gasteiger partial charge in [0.25, 0.3) is 0 Å². The Morgan fingerprint density at radius 1 is 0.808 bits per heavy atom. The van der Waals surface area contributed by atoms with Crippen LogP contribution in [-0.4, -0.2) is 18.0 Å². The molecule has 0 aromatic carbocycles. The molecule has 3 N–H and O–H groups in total. The minimum absolute atomic E-state index is 0.0150. The highest BCUT2D eigenvalue weighted by Crippen LogP contribution is 2.13. The van der Waals surface area contributed by atoms with E-state index < -0.39 is 5.54 Å². The lowest BCUT2D eigenvalue weighted by Gasteiger charge is -2.25. The number of carbonyl (C=O) groups is 1. The van der Waals surface area contributed by atoms with Crippen LogP contribution in [0.3, 0.4) is 0 Å². The van der Waals surface area contributed by atoms with Gasteiger partial charge < -0.3 is 11.1 Å². The van der Waals surface area contributed by atoms with Gasteiger partial charge in [-0.05, 0) is 31.1 Å². The Hall–Kier alpha value is -0.570. The fourth-order valence-electron chi connectivity index (χ4n) is 2.51. The molecule has 1 amide bonds. The predicted molar refractivity (Wildman–Crippen MR) is 117 cm³/mol. The van der Waals surface area contributed by atoms with E-state index in [1.165, 1.54) is 51.4 Å². The highest BCUT2D eigenvalue weighted by Gasteiger charge is 2.29. The molecule has 0 atom stereocenters. The number of rotatable bonds is 14. The predicted octanol–water partition coefficient (Wildman–Crippen LogP) is 6.45. The van der Waals surface area contributed by atoms with Crippen molar-refractivity contribution in [2.24, 2.45) is 17.6 Å². The summed E-state index contributed by atoms with van der Waals surface area (Å²) in [5, 5.41) is 2.98. The van der Waals surface area contributed by atoms with Crippen LogP contribution in [0.25, 0.3) is 0 Å². The number of nitrogens with one attached hydrogen (secondary N) is 1. The topological polar surface area (TPSA) is 55.1 Å². The Kier molecular flexibility index (Phi) is 19.0. The third-order valence-electron chi connectivity index (χ3n) is 5.27. The summed E-state index contributed by atoms with van der Waals surface area (Å²) in [7, 11) is 0. The van der Waals surface area contributed by atoms with E-state index >= 15 is 0 Å². The van der Waals surface area contributed by atoms with Gasteiger partial charge in [-0.3, -0.25) is 4.79 Å². The molecule has 0 aromatic rings. The number of carbonyl (C=O) groups excluding carboxylic acids is 1. The average Bonchev–Trinajstić information content (AvgIpc) is 2.62. The van der Waals surface area contributed by atoms with Gasteiger partial charge in [0.1, 0.15) is 0 Å². The molecule has 0 fully saturated rings. The third kappa shape index (κ3) is 16.9. The monoisotopic (exact) mass is 370 g/mol. The lowest BCUT2D eigenvalue weighted by atomic mass is 9.93. The summed E-state index contributed by atoms with van der Waals surface area (Å²) in [6, 6.07) is 0. The number of nitrogens with two attached hydrogens (primary N) is 1. The number of unbranched alkanes of at least 4 members (excludes halogenated alkanes) is 6. The Morgan fingerprint density at radius 3 is 1.62 bits per heavy atom. The fraction of sp³-hybridized carbons (Fsp3) is 0.957. The van der Waals surface area contributed by atoms with Crippen LogP contribution < -0.4 is 11.1 Å². The van der Waals surface area contributed by atoms with E-state index in [4.69, 9.17) is 5.73 Å². The van der Waals surface area contributed by atoms with E-state index in [9.17, 15) is 4.79 Å². The first-order valence-corrected chi connectivity index (χ1v) is 11.3. The van der Waals surface area contributed by atoms with Gasteiger partial charge in [0, 0.05) is 6.54 Å². The molecular formula is C23H50N2O. The highest BCUT2D eigenvalue weighted by molar-refractivity contribution is 5.85. The van der Waals surface area contributed by atoms with Crippen LogP contribution in [-0.2, 0) is 4.79 Å². The molecule has 0 aliphatic heterocycles. The maximum atomic E-state index is 12.0. The summed E-state index contributed by atoms with van der Waals surface area (Å²) in [5.74, 6) is 1.74. The molecule has 0 rings (SSSR count). The summed E-state index contributed by atoms with van der Waals surface area (Å²) in [5.41, 5.74) is 5.39.